The monoisotopic (exact) mass is 328 g/mol. The first-order valence-electron chi connectivity index (χ1n) is 7.69. The smallest absolute Gasteiger partial charge is 0.411 e. The van der Waals surface area contributed by atoms with Gasteiger partial charge in [0, 0.05) is 24.8 Å². The van der Waals surface area contributed by atoms with Gasteiger partial charge in [0.05, 0.1) is 6.20 Å². The van der Waals surface area contributed by atoms with E-state index in [9.17, 15) is 13.2 Å². The van der Waals surface area contributed by atoms with Gasteiger partial charge in [-0.25, -0.2) is 0 Å². The van der Waals surface area contributed by atoms with Gasteiger partial charge in [0.15, 0.2) is 0 Å². The average molecular weight is 328 g/mol. The first kappa shape index (κ1) is 16.3. The maximum atomic E-state index is 12.0. The Hall–Kier alpha value is -1.60. The van der Waals surface area contributed by atoms with Gasteiger partial charge in [-0.05, 0) is 36.6 Å². The van der Waals surface area contributed by atoms with Crippen LogP contribution in [0.2, 0.25) is 0 Å². The van der Waals surface area contributed by atoms with Crippen molar-refractivity contribution in [2.75, 3.05) is 26.4 Å². The van der Waals surface area contributed by atoms with Gasteiger partial charge in [0.25, 0.3) is 0 Å². The summed E-state index contributed by atoms with van der Waals surface area (Å²) in [6.45, 7) is 0.576. The molecule has 3 rings (SSSR count). The molecule has 4 nitrogen and oxygen atoms in total. The molecule has 0 aromatic carbocycles. The number of ether oxygens (including phenoxy) is 2. The average Bonchev–Trinajstić information content (AvgIpc) is 3.21. The van der Waals surface area contributed by atoms with Crippen LogP contribution >= 0.6 is 0 Å². The van der Waals surface area contributed by atoms with E-state index in [-0.39, 0.29) is 12.5 Å². The molecule has 1 aromatic heterocycles. The molecule has 1 aliphatic heterocycles. The van der Waals surface area contributed by atoms with Crippen molar-refractivity contribution in [3.8, 4) is 5.75 Å². The summed E-state index contributed by atoms with van der Waals surface area (Å²) in [6, 6.07) is 2.34. The van der Waals surface area contributed by atoms with Crippen LogP contribution in [0.25, 0.3) is 5.57 Å². The van der Waals surface area contributed by atoms with Crippen molar-refractivity contribution in [3.05, 3.63) is 30.1 Å². The summed E-state index contributed by atoms with van der Waals surface area (Å²) in [6.07, 6.45) is 2.86. The van der Waals surface area contributed by atoms with E-state index in [2.05, 4.69) is 15.0 Å². The highest BCUT2D eigenvalue weighted by Gasteiger charge is 2.29. The quantitative estimate of drug-likeness (QED) is 0.745. The van der Waals surface area contributed by atoms with E-state index in [4.69, 9.17) is 4.74 Å². The Labute approximate surface area is 132 Å². The lowest BCUT2D eigenvalue weighted by molar-refractivity contribution is -0.174. The zero-order valence-electron chi connectivity index (χ0n) is 12.6. The molecular formula is C16H19F3N2O2. The Bertz CT molecular complexity index is 571. The van der Waals surface area contributed by atoms with Crippen LogP contribution in [-0.2, 0) is 4.74 Å². The van der Waals surface area contributed by atoms with E-state index in [1.54, 1.807) is 12.4 Å². The molecule has 1 N–H and O–H groups in total. The van der Waals surface area contributed by atoms with Crippen LogP contribution in [-0.4, -0.2) is 43.6 Å². The van der Waals surface area contributed by atoms with Crippen molar-refractivity contribution in [1.29, 1.82) is 0 Å². The predicted octanol–water partition coefficient (Wildman–Crippen LogP) is 2.80. The molecule has 0 spiro atoms. The van der Waals surface area contributed by atoms with E-state index in [1.165, 1.54) is 0 Å². The molecule has 0 unspecified atom stereocenters. The molecule has 0 saturated carbocycles. The van der Waals surface area contributed by atoms with Crippen molar-refractivity contribution in [3.63, 3.8) is 0 Å². The zero-order chi connectivity index (χ0) is 16.3. The Balaban J connectivity index is 1.40. The van der Waals surface area contributed by atoms with Gasteiger partial charge in [-0.2, -0.15) is 13.2 Å². The maximum absolute atomic E-state index is 12.0. The Morgan fingerprint density at radius 1 is 1.30 bits per heavy atom. The molecule has 2 heterocycles. The minimum atomic E-state index is -4.26. The van der Waals surface area contributed by atoms with Crippen LogP contribution in [0.15, 0.2) is 24.5 Å². The Morgan fingerprint density at radius 3 is 2.83 bits per heavy atom. The summed E-state index contributed by atoms with van der Waals surface area (Å²) in [7, 11) is 0. The molecule has 0 amide bonds. The van der Waals surface area contributed by atoms with Gasteiger partial charge in [-0.3, -0.25) is 4.98 Å². The number of aromatic nitrogens is 1. The fourth-order valence-electron chi connectivity index (χ4n) is 2.46. The first-order valence-corrected chi connectivity index (χ1v) is 7.69. The van der Waals surface area contributed by atoms with Crippen LogP contribution in [0, 0.1) is 5.92 Å². The van der Waals surface area contributed by atoms with Gasteiger partial charge >= 0.3 is 6.18 Å². The van der Waals surface area contributed by atoms with Crippen molar-refractivity contribution in [2.24, 2.45) is 5.92 Å². The number of allylic oxidation sites excluding steroid dienone is 2. The highest BCUT2D eigenvalue weighted by molar-refractivity contribution is 5.80. The summed E-state index contributed by atoms with van der Waals surface area (Å²) < 4.78 is 46.3. The second-order valence-electron chi connectivity index (χ2n) is 5.84. The van der Waals surface area contributed by atoms with E-state index in [1.807, 2.05) is 12.1 Å². The third-order valence-electron chi connectivity index (χ3n) is 3.93. The summed E-state index contributed by atoms with van der Waals surface area (Å²) in [5.41, 5.74) is 2.06. The fourth-order valence-corrected chi connectivity index (χ4v) is 2.46. The number of hydrogen-bond acceptors (Lipinski definition) is 4. The Kier molecular flexibility index (Phi) is 4.87. The van der Waals surface area contributed by atoms with Gasteiger partial charge in [-0.1, -0.05) is 6.08 Å². The topological polar surface area (TPSA) is 43.4 Å². The molecule has 1 saturated heterocycles. The highest BCUT2D eigenvalue weighted by Crippen LogP contribution is 2.41. The SMILES string of the molecule is FC(F)(F)COCC[C@H]1C=C1c1cncc(OC[C@@H]2CCN2)c1. The Morgan fingerprint density at radius 2 is 2.13 bits per heavy atom. The number of nitrogens with one attached hydrogen (secondary N) is 1. The summed E-state index contributed by atoms with van der Waals surface area (Å²) in [5, 5.41) is 3.26. The highest BCUT2D eigenvalue weighted by atomic mass is 19.4. The molecule has 1 aromatic rings. The third kappa shape index (κ3) is 4.94. The maximum Gasteiger partial charge on any atom is 0.411 e. The predicted molar refractivity (Wildman–Crippen MR) is 79.1 cm³/mol. The normalized spacial score (nSPS) is 23.2. The summed E-state index contributed by atoms with van der Waals surface area (Å²) in [4.78, 5) is 4.16. The van der Waals surface area contributed by atoms with Gasteiger partial charge in [0.1, 0.15) is 19.0 Å². The lowest BCUT2D eigenvalue weighted by atomic mass is 10.1. The van der Waals surface area contributed by atoms with Crippen molar-refractivity contribution < 1.29 is 22.6 Å². The van der Waals surface area contributed by atoms with E-state index in [0.29, 0.717) is 19.1 Å². The van der Waals surface area contributed by atoms with Crippen LogP contribution in [0.4, 0.5) is 13.2 Å². The molecule has 1 fully saturated rings. The largest absolute Gasteiger partial charge is 0.490 e. The molecule has 2 aliphatic rings. The molecular weight excluding hydrogens is 309 g/mol. The first-order chi connectivity index (χ1) is 11.0. The lowest BCUT2D eigenvalue weighted by Crippen LogP contribution is -2.46. The number of halogens is 3. The van der Waals surface area contributed by atoms with Crippen LogP contribution in [0.3, 0.4) is 0 Å². The van der Waals surface area contributed by atoms with E-state index < -0.39 is 12.8 Å². The summed E-state index contributed by atoms with van der Waals surface area (Å²) in [5.74, 6) is 0.893. The molecule has 0 radical (unpaired) electrons. The number of nitrogens with zero attached hydrogens (tertiary/aromatic N) is 1. The molecule has 0 bridgehead atoms. The molecule has 23 heavy (non-hydrogen) atoms. The minimum absolute atomic E-state index is 0.0984. The van der Waals surface area contributed by atoms with Crippen LogP contribution in [0.5, 0.6) is 5.75 Å². The summed E-state index contributed by atoms with van der Waals surface area (Å²) >= 11 is 0. The zero-order valence-corrected chi connectivity index (χ0v) is 12.6. The lowest BCUT2D eigenvalue weighted by Gasteiger charge is -2.27. The van der Waals surface area contributed by atoms with Crippen molar-refractivity contribution >= 4 is 5.57 Å². The van der Waals surface area contributed by atoms with E-state index in [0.717, 1.165) is 29.9 Å². The molecule has 7 heteroatoms. The van der Waals surface area contributed by atoms with Gasteiger partial charge in [-0.15, -0.1) is 0 Å². The van der Waals surface area contributed by atoms with Crippen molar-refractivity contribution in [1.82, 2.24) is 10.3 Å². The number of alkyl halides is 3. The second-order valence-corrected chi connectivity index (χ2v) is 5.84. The molecule has 126 valence electrons. The standard InChI is InChI=1S/C16H19F3N2O2/c17-16(18,19)10-22-4-2-11-6-15(11)12-5-14(8-20-7-12)23-9-13-1-3-21-13/h5-8,11,13,21H,1-4,9-10H2/t11-,13-/m0/s1. The second kappa shape index (κ2) is 6.88. The number of hydrogen-bond donors (Lipinski definition) is 1. The minimum Gasteiger partial charge on any atom is -0.490 e. The molecule has 1 aliphatic carbocycles. The van der Waals surface area contributed by atoms with Crippen LogP contribution in [0.1, 0.15) is 18.4 Å². The number of pyridine rings is 1. The van der Waals surface area contributed by atoms with E-state index >= 15 is 0 Å². The van der Waals surface area contributed by atoms with Crippen molar-refractivity contribution in [2.45, 2.75) is 25.1 Å². The van der Waals surface area contributed by atoms with Crippen LogP contribution < -0.4 is 10.1 Å². The van der Waals surface area contributed by atoms with Gasteiger partial charge in [0.2, 0.25) is 0 Å². The third-order valence-corrected chi connectivity index (χ3v) is 3.93. The van der Waals surface area contributed by atoms with Gasteiger partial charge < -0.3 is 14.8 Å². The fraction of sp³-hybridized carbons (Fsp3) is 0.562. The molecule has 2 atom stereocenters. The number of rotatable bonds is 8.